The van der Waals surface area contributed by atoms with Crippen LogP contribution >= 0.6 is 0 Å². The summed E-state index contributed by atoms with van der Waals surface area (Å²) in [5.74, 6) is -1.09. The van der Waals surface area contributed by atoms with Gasteiger partial charge in [-0.3, -0.25) is 4.79 Å². The lowest BCUT2D eigenvalue weighted by molar-refractivity contribution is -0.120. The molecule has 0 radical (unpaired) electrons. The number of aryl methyl sites for hydroxylation is 2. The Hall–Kier alpha value is -2.71. The van der Waals surface area contributed by atoms with Gasteiger partial charge in [0.25, 0.3) is 0 Å². The highest BCUT2D eigenvalue weighted by Crippen LogP contribution is 2.27. The Balaban J connectivity index is 1.69. The van der Waals surface area contributed by atoms with Crippen LogP contribution in [-0.4, -0.2) is 44.3 Å². The van der Waals surface area contributed by atoms with Gasteiger partial charge in [-0.1, -0.05) is 12.1 Å². The van der Waals surface area contributed by atoms with E-state index in [2.05, 4.69) is 5.32 Å². The van der Waals surface area contributed by atoms with E-state index >= 15 is 0 Å². The maximum Gasteiger partial charge on any atom is 0.338 e. The Morgan fingerprint density at radius 3 is 2.52 bits per heavy atom. The molecule has 1 aliphatic heterocycles. The molecule has 2 aromatic carbocycles. The van der Waals surface area contributed by atoms with Crippen LogP contribution in [0.3, 0.4) is 0 Å². The van der Waals surface area contributed by atoms with E-state index in [4.69, 9.17) is 4.74 Å². The molecule has 0 spiro atoms. The molecule has 1 atom stereocenters. The molecule has 3 rings (SSSR count). The molecule has 0 aromatic heterocycles. The van der Waals surface area contributed by atoms with Crippen LogP contribution in [0, 0.1) is 19.8 Å². The van der Waals surface area contributed by atoms with E-state index in [1.807, 2.05) is 13.0 Å². The van der Waals surface area contributed by atoms with Crippen LogP contribution in [0.2, 0.25) is 0 Å². The lowest BCUT2D eigenvalue weighted by Gasteiger charge is -2.31. The average Bonchev–Trinajstić information content (AvgIpc) is 2.76. The van der Waals surface area contributed by atoms with Crippen LogP contribution in [-0.2, 0) is 19.6 Å². The highest BCUT2D eigenvalue weighted by Gasteiger charge is 2.34. The fourth-order valence-corrected chi connectivity index (χ4v) is 5.48. The molecule has 1 fully saturated rings. The molecule has 0 saturated carbocycles. The molecule has 1 unspecified atom stereocenters. The Morgan fingerprint density at radius 1 is 1.13 bits per heavy atom. The van der Waals surface area contributed by atoms with Crippen LogP contribution in [0.4, 0.5) is 5.69 Å². The number of nitrogens with zero attached hydrogens (tertiary/aromatic N) is 1. The number of sulfonamides is 1. The maximum absolute atomic E-state index is 13.2. The number of nitrogens with one attached hydrogen (secondary N) is 1. The minimum Gasteiger partial charge on any atom is -0.462 e. The van der Waals surface area contributed by atoms with Gasteiger partial charge in [0.2, 0.25) is 15.9 Å². The third kappa shape index (κ3) is 5.32. The molecule has 1 aliphatic rings. The number of ether oxygens (including phenoxy) is 1. The first-order chi connectivity index (χ1) is 14.7. The summed E-state index contributed by atoms with van der Waals surface area (Å²) in [5.41, 5.74) is 2.52. The standard InChI is InChI=1S/C23H28N2O5S/c1-4-30-23(27)18-9-11-20(12-10-18)24-22(26)19-6-5-13-25(15-19)31(28,29)21-14-16(2)7-8-17(21)3/h7-12,14,19H,4-6,13,15H2,1-3H3,(H,24,26). The maximum atomic E-state index is 13.2. The summed E-state index contributed by atoms with van der Waals surface area (Å²) in [5, 5.41) is 2.83. The van der Waals surface area contributed by atoms with Gasteiger partial charge in [0.15, 0.2) is 0 Å². The molecule has 1 N–H and O–H groups in total. The first-order valence-corrected chi connectivity index (χ1v) is 11.8. The van der Waals surface area contributed by atoms with Gasteiger partial charge in [-0.25, -0.2) is 13.2 Å². The van der Waals surface area contributed by atoms with Gasteiger partial charge in [-0.15, -0.1) is 0 Å². The van der Waals surface area contributed by atoms with Crippen LogP contribution in [0.1, 0.15) is 41.3 Å². The van der Waals surface area contributed by atoms with Crippen molar-refractivity contribution in [3.63, 3.8) is 0 Å². The number of carbonyl (C=O) groups is 2. The highest BCUT2D eigenvalue weighted by atomic mass is 32.2. The van der Waals surface area contributed by atoms with Crippen LogP contribution in [0.25, 0.3) is 0 Å². The topological polar surface area (TPSA) is 92.8 Å². The van der Waals surface area contributed by atoms with E-state index in [1.54, 1.807) is 50.2 Å². The first kappa shape index (κ1) is 23.0. The van der Waals surface area contributed by atoms with Crippen molar-refractivity contribution >= 4 is 27.6 Å². The lowest BCUT2D eigenvalue weighted by Crippen LogP contribution is -2.43. The molecule has 0 aliphatic carbocycles. The lowest BCUT2D eigenvalue weighted by atomic mass is 9.98. The van der Waals surface area contributed by atoms with E-state index in [0.29, 0.717) is 47.7 Å². The second-order valence-electron chi connectivity index (χ2n) is 7.76. The number of carbonyl (C=O) groups excluding carboxylic acids is 2. The molecule has 31 heavy (non-hydrogen) atoms. The molecule has 166 valence electrons. The summed E-state index contributed by atoms with van der Waals surface area (Å²) in [4.78, 5) is 24.8. The summed E-state index contributed by atoms with van der Waals surface area (Å²) in [6.45, 7) is 6.20. The minimum atomic E-state index is -3.67. The zero-order valence-electron chi connectivity index (χ0n) is 18.1. The smallest absolute Gasteiger partial charge is 0.338 e. The van der Waals surface area contributed by atoms with Crippen molar-refractivity contribution in [2.75, 3.05) is 25.0 Å². The van der Waals surface area contributed by atoms with Crippen molar-refractivity contribution < 1.29 is 22.7 Å². The molecule has 1 saturated heterocycles. The Labute approximate surface area is 183 Å². The summed E-state index contributed by atoms with van der Waals surface area (Å²) < 4.78 is 32.7. The molecule has 7 nitrogen and oxygen atoms in total. The normalized spacial score (nSPS) is 17.2. The van der Waals surface area contributed by atoms with E-state index in [-0.39, 0.29) is 12.5 Å². The monoisotopic (exact) mass is 444 g/mol. The number of rotatable bonds is 6. The largest absolute Gasteiger partial charge is 0.462 e. The summed E-state index contributed by atoms with van der Waals surface area (Å²) in [6.07, 6.45) is 1.23. The zero-order chi connectivity index (χ0) is 22.6. The molecule has 1 heterocycles. The first-order valence-electron chi connectivity index (χ1n) is 10.4. The van der Waals surface area contributed by atoms with Crippen molar-refractivity contribution in [3.05, 3.63) is 59.2 Å². The van der Waals surface area contributed by atoms with Gasteiger partial charge in [-0.05, 0) is 75.1 Å². The molecular weight excluding hydrogens is 416 g/mol. The SMILES string of the molecule is CCOC(=O)c1ccc(NC(=O)C2CCCN(S(=O)(=O)c3cc(C)ccc3C)C2)cc1. The second-order valence-corrected chi connectivity index (χ2v) is 9.66. The number of esters is 1. The van der Waals surface area contributed by atoms with Crippen molar-refractivity contribution in [2.24, 2.45) is 5.92 Å². The molecule has 1 amide bonds. The van der Waals surface area contributed by atoms with Crippen LogP contribution < -0.4 is 5.32 Å². The average molecular weight is 445 g/mol. The molecular formula is C23H28N2O5S. The quantitative estimate of drug-likeness (QED) is 0.688. The molecule has 2 aromatic rings. The number of hydrogen-bond donors (Lipinski definition) is 1. The molecule has 8 heteroatoms. The van der Waals surface area contributed by atoms with Gasteiger partial charge in [0.1, 0.15) is 0 Å². The fraction of sp³-hybridized carbons (Fsp3) is 0.391. The summed E-state index contributed by atoms with van der Waals surface area (Å²) in [6, 6.07) is 11.8. The van der Waals surface area contributed by atoms with E-state index in [1.165, 1.54) is 4.31 Å². The number of benzene rings is 2. The van der Waals surface area contributed by atoms with Crippen molar-refractivity contribution in [1.29, 1.82) is 0 Å². The predicted octanol–water partition coefficient (Wildman–Crippen LogP) is 3.52. The second kappa shape index (κ2) is 9.62. The number of hydrogen-bond acceptors (Lipinski definition) is 5. The van der Waals surface area contributed by atoms with E-state index in [9.17, 15) is 18.0 Å². The van der Waals surface area contributed by atoms with E-state index in [0.717, 1.165) is 5.56 Å². The van der Waals surface area contributed by atoms with Gasteiger partial charge >= 0.3 is 5.97 Å². The fourth-order valence-electron chi connectivity index (χ4n) is 3.65. The van der Waals surface area contributed by atoms with Crippen molar-refractivity contribution in [2.45, 2.75) is 38.5 Å². The van der Waals surface area contributed by atoms with Crippen LogP contribution in [0.15, 0.2) is 47.4 Å². The van der Waals surface area contributed by atoms with E-state index < -0.39 is 21.9 Å². The van der Waals surface area contributed by atoms with Gasteiger partial charge < -0.3 is 10.1 Å². The third-order valence-electron chi connectivity index (χ3n) is 5.38. The number of amides is 1. The zero-order valence-corrected chi connectivity index (χ0v) is 18.9. The Morgan fingerprint density at radius 2 is 1.84 bits per heavy atom. The summed E-state index contributed by atoms with van der Waals surface area (Å²) in [7, 11) is -3.67. The van der Waals surface area contributed by atoms with Crippen molar-refractivity contribution in [3.8, 4) is 0 Å². The molecule has 0 bridgehead atoms. The number of piperidine rings is 1. The highest BCUT2D eigenvalue weighted by molar-refractivity contribution is 7.89. The van der Waals surface area contributed by atoms with Crippen LogP contribution in [0.5, 0.6) is 0 Å². The Kier molecular flexibility index (Phi) is 7.12. The van der Waals surface area contributed by atoms with Gasteiger partial charge in [-0.2, -0.15) is 4.31 Å². The Bertz CT molecular complexity index is 1060. The third-order valence-corrected chi connectivity index (χ3v) is 7.39. The summed E-state index contributed by atoms with van der Waals surface area (Å²) >= 11 is 0. The minimum absolute atomic E-state index is 0.141. The predicted molar refractivity (Wildman–Crippen MR) is 118 cm³/mol. The van der Waals surface area contributed by atoms with Crippen molar-refractivity contribution in [1.82, 2.24) is 4.31 Å². The number of anilines is 1. The van der Waals surface area contributed by atoms with Gasteiger partial charge in [0, 0.05) is 18.8 Å². The van der Waals surface area contributed by atoms with Gasteiger partial charge in [0.05, 0.1) is 23.0 Å².